The molecule has 0 aromatic heterocycles. The number of rotatable bonds is 4. The van der Waals surface area contributed by atoms with Crippen LogP contribution in [0.5, 0.6) is 0 Å². The number of aryl methyl sites for hydroxylation is 2. The minimum Gasteiger partial charge on any atom is -0.0835 e. The van der Waals surface area contributed by atoms with Gasteiger partial charge in [-0.2, -0.15) is 0 Å². The Kier molecular flexibility index (Phi) is 3.68. The summed E-state index contributed by atoms with van der Waals surface area (Å²) in [6, 6.07) is 7.00. The van der Waals surface area contributed by atoms with Gasteiger partial charge in [0, 0.05) is 4.83 Å². The normalized spacial score (nSPS) is 23.5. The lowest BCUT2D eigenvalue weighted by Crippen LogP contribution is -2.03. The second-order valence-electron chi connectivity index (χ2n) is 5.94. The Bertz CT molecular complexity index is 406. The summed E-state index contributed by atoms with van der Waals surface area (Å²) in [5.74, 6) is 0.805. The Morgan fingerprint density at radius 3 is 2.41 bits per heavy atom. The van der Waals surface area contributed by atoms with Gasteiger partial charge in [-0.15, -0.1) is 0 Å². The molecule has 0 nitrogen and oxygen atoms in total. The molecule has 94 valence electrons. The van der Waals surface area contributed by atoms with E-state index in [0.717, 1.165) is 18.8 Å². The van der Waals surface area contributed by atoms with Gasteiger partial charge in [-0.3, -0.25) is 0 Å². The highest BCUT2D eigenvalue weighted by Gasteiger charge is 2.49. The van der Waals surface area contributed by atoms with Gasteiger partial charge in [0.1, 0.15) is 0 Å². The van der Waals surface area contributed by atoms with Crippen molar-refractivity contribution in [1.29, 1.82) is 0 Å². The van der Waals surface area contributed by atoms with Crippen LogP contribution >= 0.6 is 15.9 Å². The van der Waals surface area contributed by atoms with E-state index in [4.69, 9.17) is 0 Å². The summed E-state index contributed by atoms with van der Waals surface area (Å²) < 4.78 is 0. The lowest BCUT2D eigenvalue weighted by Gasteiger charge is -2.17. The van der Waals surface area contributed by atoms with Gasteiger partial charge < -0.3 is 0 Å². The second kappa shape index (κ2) is 4.76. The van der Waals surface area contributed by atoms with Crippen LogP contribution in [0.2, 0.25) is 0 Å². The third-order valence-corrected chi connectivity index (χ3v) is 5.37. The summed E-state index contributed by atoms with van der Waals surface area (Å²) in [4.78, 5) is 0.541. The summed E-state index contributed by atoms with van der Waals surface area (Å²) in [7, 11) is 0. The Morgan fingerprint density at radius 1 is 1.29 bits per heavy atom. The highest BCUT2D eigenvalue weighted by molar-refractivity contribution is 9.09. The standard InChI is InChI=1S/C16H23Br/c1-5-11-7-8-12(6-2)13(9-11)15(17)14-10-16(14,3)4/h7-9,14-15H,5-6,10H2,1-4H3. The van der Waals surface area contributed by atoms with Gasteiger partial charge in [-0.1, -0.05) is 61.8 Å². The van der Waals surface area contributed by atoms with Crippen LogP contribution in [0.1, 0.15) is 55.6 Å². The van der Waals surface area contributed by atoms with Crippen LogP contribution in [0.4, 0.5) is 0 Å². The van der Waals surface area contributed by atoms with Gasteiger partial charge >= 0.3 is 0 Å². The van der Waals surface area contributed by atoms with Gasteiger partial charge in [0.25, 0.3) is 0 Å². The van der Waals surface area contributed by atoms with E-state index >= 15 is 0 Å². The average Bonchev–Trinajstić information content (AvgIpc) is 2.96. The first-order chi connectivity index (χ1) is 7.99. The van der Waals surface area contributed by atoms with Crippen molar-refractivity contribution >= 4 is 15.9 Å². The van der Waals surface area contributed by atoms with E-state index in [1.807, 2.05) is 0 Å². The van der Waals surface area contributed by atoms with Crippen molar-refractivity contribution in [3.63, 3.8) is 0 Å². The molecule has 0 N–H and O–H groups in total. The minimum absolute atomic E-state index is 0.529. The summed E-state index contributed by atoms with van der Waals surface area (Å²) >= 11 is 3.94. The number of alkyl halides is 1. The molecule has 1 aliphatic rings. The van der Waals surface area contributed by atoms with Crippen molar-refractivity contribution in [2.24, 2.45) is 11.3 Å². The predicted octanol–water partition coefficient (Wildman–Crippen LogP) is 5.29. The zero-order valence-electron chi connectivity index (χ0n) is 11.4. The molecule has 1 aliphatic carbocycles. The smallest absolute Gasteiger partial charge is 0.0431 e. The third kappa shape index (κ3) is 2.59. The Labute approximate surface area is 114 Å². The van der Waals surface area contributed by atoms with Gasteiger partial charge in [-0.05, 0) is 47.3 Å². The summed E-state index contributed by atoms with van der Waals surface area (Å²) in [5, 5.41) is 0. The zero-order valence-corrected chi connectivity index (χ0v) is 13.0. The van der Waals surface area contributed by atoms with Gasteiger partial charge in [0.2, 0.25) is 0 Å². The topological polar surface area (TPSA) is 0 Å². The highest BCUT2D eigenvalue weighted by atomic mass is 79.9. The quantitative estimate of drug-likeness (QED) is 0.662. The largest absolute Gasteiger partial charge is 0.0835 e. The predicted molar refractivity (Wildman–Crippen MR) is 78.8 cm³/mol. The molecule has 1 fully saturated rings. The maximum atomic E-state index is 3.94. The van der Waals surface area contributed by atoms with Crippen molar-refractivity contribution < 1.29 is 0 Å². The first-order valence-electron chi connectivity index (χ1n) is 6.75. The second-order valence-corrected chi connectivity index (χ2v) is 6.93. The molecule has 17 heavy (non-hydrogen) atoms. The van der Waals surface area contributed by atoms with Crippen LogP contribution < -0.4 is 0 Å². The SMILES string of the molecule is CCc1ccc(CC)c(C(Br)C2CC2(C)C)c1. The fourth-order valence-corrected chi connectivity index (χ4v) is 4.00. The Hall–Kier alpha value is -0.300. The molecule has 1 aromatic carbocycles. The van der Waals surface area contributed by atoms with Crippen LogP contribution in [0.25, 0.3) is 0 Å². The molecule has 0 bridgehead atoms. The van der Waals surface area contributed by atoms with Crippen LogP contribution in [-0.2, 0) is 12.8 Å². The first kappa shape index (κ1) is 13.1. The fraction of sp³-hybridized carbons (Fsp3) is 0.625. The number of hydrogen-bond donors (Lipinski definition) is 0. The van der Waals surface area contributed by atoms with Gasteiger partial charge in [0.15, 0.2) is 0 Å². The molecule has 1 heteroatoms. The molecule has 0 amide bonds. The van der Waals surface area contributed by atoms with Crippen molar-refractivity contribution in [2.75, 3.05) is 0 Å². The van der Waals surface area contributed by atoms with E-state index in [0.29, 0.717) is 10.2 Å². The zero-order chi connectivity index (χ0) is 12.6. The molecule has 0 heterocycles. The van der Waals surface area contributed by atoms with Crippen LogP contribution in [0, 0.1) is 11.3 Å². The molecule has 0 aliphatic heterocycles. The molecular formula is C16H23Br. The molecule has 0 radical (unpaired) electrons. The van der Waals surface area contributed by atoms with Gasteiger partial charge in [0.05, 0.1) is 0 Å². The van der Waals surface area contributed by atoms with E-state index < -0.39 is 0 Å². The monoisotopic (exact) mass is 294 g/mol. The molecule has 0 spiro atoms. The molecule has 2 atom stereocenters. The Balaban J connectivity index is 2.29. The van der Waals surface area contributed by atoms with E-state index in [1.54, 1.807) is 0 Å². The molecule has 2 rings (SSSR count). The van der Waals surface area contributed by atoms with Crippen LogP contribution in [-0.4, -0.2) is 0 Å². The van der Waals surface area contributed by atoms with E-state index in [9.17, 15) is 0 Å². The molecule has 2 unspecified atom stereocenters. The molecule has 1 saturated carbocycles. The maximum absolute atomic E-state index is 3.94. The molecule has 0 saturated heterocycles. The summed E-state index contributed by atoms with van der Waals surface area (Å²) in [6.45, 7) is 9.24. The minimum atomic E-state index is 0.529. The molecule has 1 aromatic rings. The van der Waals surface area contributed by atoms with Crippen molar-refractivity contribution in [3.05, 3.63) is 34.9 Å². The number of halogens is 1. The van der Waals surface area contributed by atoms with Crippen LogP contribution in [0.15, 0.2) is 18.2 Å². The van der Waals surface area contributed by atoms with Crippen LogP contribution in [0.3, 0.4) is 0 Å². The van der Waals surface area contributed by atoms with Gasteiger partial charge in [-0.25, -0.2) is 0 Å². The van der Waals surface area contributed by atoms with Crippen molar-refractivity contribution in [2.45, 2.75) is 51.8 Å². The van der Waals surface area contributed by atoms with E-state index in [-0.39, 0.29) is 0 Å². The molecular weight excluding hydrogens is 272 g/mol. The van der Waals surface area contributed by atoms with E-state index in [2.05, 4.69) is 61.8 Å². The van der Waals surface area contributed by atoms with E-state index in [1.165, 1.54) is 23.1 Å². The van der Waals surface area contributed by atoms with Crippen molar-refractivity contribution in [1.82, 2.24) is 0 Å². The number of hydrogen-bond acceptors (Lipinski definition) is 0. The first-order valence-corrected chi connectivity index (χ1v) is 7.67. The lowest BCUT2D eigenvalue weighted by atomic mass is 9.94. The summed E-state index contributed by atoms with van der Waals surface area (Å²) in [5.41, 5.74) is 5.02. The third-order valence-electron chi connectivity index (χ3n) is 4.24. The van der Waals surface area contributed by atoms with Crippen molar-refractivity contribution in [3.8, 4) is 0 Å². The maximum Gasteiger partial charge on any atom is 0.0431 e. The highest BCUT2D eigenvalue weighted by Crippen LogP contribution is 2.60. The number of benzene rings is 1. The summed E-state index contributed by atoms with van der Waals surface area (Å²) in [6.07, 6.45) is 3.61. The average molecular weight is 295 g/mol. The fourth-order valence-electron chi connectivity index (χ4n) is 2.67. The Morgan fingerprint density at radius 2 is 1.94 bits per heavy atom. The lowest BCUT2D eigenvalue weighted by molar-refractivity contribution is 0.554.